The number of carbonyl (C=O) groups is 1. The molecule has 0 spiro atoms. The predicted octanol–water partition coefficient (Wildman–Crippen LogP) is 3.25. The van der Waals surface area contributed by atoms with E-state index in [0.717, 1.165) is 35.0 Å². The number of H-pyrrole nitrogens is 1. The minimum Gasteiger partial charge on any atom is -0.480 e. The number of unbranched alkanes of at least 4 members (excludes halogenated alkanes) is 3. The van der Waals surface area contributed by atoms with Crippen molar-refractivity contribution in [1.82, 2.24) is 4.98 Å². The van der Waals surface area contributed by atoms with Crippen LogP contribution in [0.25, 0.3) is 10.9 Å². The van der Waals surface area contributed by atoms with Crippen LogP contribution < -0.4 is 5.73 Å². The molecule has 0 aliphatic carbocycles. The number of carboxylic acid groups (broad SMARTS) is 1. The van der Waals surface area contributed by atoms with Gasteiger partial charge in [-0.15, -0.1) is 0 Å². The first-order chi connectivity index (χ1) is 10.1. The quantitative estimate of drug-likeness (QED) is 0.652. The molecule has 21 heavy (non-hydrogen) atoms. The fourth-order valence-corrected chi connectivity index (χ4v) is 2.74. The molecule has 0 unspecified atom stereocenters. The SMILES string of the molecule is CCCCCCc1[nH]c2ccccc2c1C[C@@H](N)C(=O)O. The second kappa shape index (κ2) is 7.27. The number of aromatic amines is 1. The number of nitrogens with one attached hydrogen (secondary N) is 1. The van der Waals surface area contributed by atoms with Crippen molar-refractivity contribution in [3.8, 4) is 0 Å². The van der Waals surface area contributed by atoms with Crippen LogP contribution in [0, 0.1) is 0 Å². The highest BCUT2D eigenvalue weighted by molar-refractivity contribution is 5.85. The smallest absolute Gasteiger partial charge is 0.320 e. The van der Waals surface area contributed by atoms with E-state index < -0.39 is 12.0 Å². The van der Waals surface area contributed by atoms with Crippen molar-refractivity contribution in [2.24, 2.45) is 5.73 Å². The highest BCUT2D eigenvalue weighted by Crippen LogP contribution is 2.25. The fourth-order valence-electron chi connectivity index (χ4n) is 2.74. The normalized spacial score (nSPS) is 12.7. The Kier molecular flexibility index (Phi) is 5.39. The number of hydrogen-bond donors (Lipinski definition) is 3. The second-order valence-electron chi connectivity index (χ2n) is 5.59. The van der Waals surface area contributed by atoms with Crippen LogP contribution in [0.3, 0.4) is 0 Å². The topological polar surface area (TPSA) is 79.1 Å². The summed E-state index contributed by atoms with van der Waals surface area (Å²) in [5.41, 5.74) is 9.01. The summed E-state index contributed by atoms with van der Waals surface area (Å²) in [5.74, 6) is -0.947. The van der Waals surface area contributed by atoms with E-state index >= 15 is 0 Å². The van der Waals surface area contributed by atoms with Crippen LogP contribution in [0.5, 0.6) is 0 Å². The maximum absolute atomic E-state index is 11.0. The lowest BCUT2D eigenvalue weighted by atomic mass is 10.00. The number of benzene rings is 1. The van der Waals surface area contributed by atoms with Crippen LogP contribution in [0.4, 0.5) is 0 Å². The summed E-state index contributed by atoms with van der Waals surface area (Å²) in [6.07, 6.45) is 6.11. The molecule has 2 aromatic rings. The van der Waals surface area contributed by atoms with Gasteiger partial charge in [0.25, 0.3) is 0 Å². The average molecular weight is 288 g/mol. The van der Waals surface area contributed by atoms with Gasteiger partial charge in [0, 0.05) is 23.0 Å². The third kappa shape index (κ3) is 3.85. The van der Waals surface area contributed by atoms with Gasteiger partial charge in [-0.25, -0.2) is 0 Å². The maximum Gasteiger partial charge on any atom is 0.320 e. The molecule has 4 heteroatoms. The van der Waals surface area contributed by atoms with Crippen LogP contribution >= 0.6 is 0 Å². The molecule has 0 saturated heterocycles. The van der Waals surface area contributed by atoms with E-state index in [9.17, 15) is 4.79 Å². The van der Waals surface area contributed by atoms with Gasteiger partial charge in [-0.1, -0.05) is 44.4 Å². The van der Waals surface area contributed by atoms with Crippen LogP contribution in [-0.2, 0) is 17.6 Å². The summed E-state index contributed by atoms with van der Waals surface area (Å²) in [7, 11) is 0. The number of fused-ring (bicyclic) bond motifs is 1. The summed E-state index contributed by atoms with van der Waals surface area (Å²) in [4.78, 5) is 14.5. The molecule has 0 bridgehead atoms. The molecule has 2 rings (SSSR count). The Hall–Kier alpha value is -1.81. The van der Waals surface area contributed by atoms with E-state index in [-0.39, 0.29) is 0 Å². The van der Waals surface area contributed by atoms with Gasteiger partial charge >= 0.3 is 5.97 Å². The van der Waals surface area contributed by atoms with Gasteiger partial charge in [0.15, 0.2) is 0 Å². The number of carboxylic acids is 1. The van der Waals surface area contributed by atoms with Gasteiger partial charge < -0.3 is 15.8 Å². The summed E-state index contributed by atoms with van der Waals surface area (Å²) in [6.45, 7) is 2.19. The molecule has 0 aliphatic rings. The third-order valence-electron chi connectivity index (χ3n) is 3.92. The Morgan fingerprint density at radius 2 is 2.05 bits per heavy atom. The molecule has 1 aromatic carbocycles. The molecule has 0 radical (unpaired) electrons. The first-order valence-corrected chi connectivity index (χ1v) is 7.70. The van der Waals surface area contributed by atoms with Crippen LogP contribution in [0.2, 0.25) is 0 Å². The molecular formula is C17H24N2O2. The van der Waals surface area contributed by atoms with E-state index in [1.807, 2.05) is 24.3 Å². The van der Waals surface area contributed by atoms with Crippen molar-refractivity contribution in [3.63, 3.8) is 0 Å². The molecule has 0 saturated carbocycles. The number of rotatable bonds is 8. The highest BCUT2D eigenvalue weighted by atomic mass is 16.4. The Balaban J connectivity index is 2.23. The molecule has 1 atom stereocenters. The van der Waals surface area contributed by atoms with E-state index in [2.05, 4.69) is 11.9 Å². The van der Waals surface area contributed by atoms with Crippen LogP contribution in [0.1, 0.15) is 43.9 Å². The lowest BCUT2D eigenvalue weighted by Gasteiger charge is -2.08. The number of nitrogens with two attached hydrogens (primary N) is 1. The summed E-state index contributed by atoms with van der Waals surface area (Å²) < 4.78 is 0. The number of aromatic nitrogens is 1. The van der Waals surface area contributed by atoms with E-state index in [4.69, 9.17) is 10.8 Å². The summed E-state index contributed by atoms with van der Waals surface area (Å²) in [5, 5.41) is 10.2. The monoisotopic (exact) mass is 288 g/mol. The Bertz CT molecular complexity index is 604. The zero-order valence-electron chi connectivity index (χ0n) is 12.6. The van der Waals surface area contributed by atoms with Gasteiger partial charge in [0.1, 0.15) is 6.04 Å². The minimum atomic E-state index is -0.947. The van der Waals surface area contributed by atoms with Gasteiger partial charge in [-0.3, -0.25) is 4.79 Å². The van der Waals surface area contributed by atoms with Crippen molar-refractivity contribution in [3.05, 3.63) is 35.5 Å². The first kappa shape index (κ1) is 15.6. The molecular weight excluding hydrogens is 264 g/mol. The van der Waals surface area contributed by atoms with E-state index in [1.165, 1.54) is 19.3 Å². The Morgan fingerprint density at radius 3 is 2.76 bits per heavy atom. The lowest BCUT2D eigenvalue weighted by Crippen LogP contribution is -2.32. The Morgan fingerprint density at radius 1 is 1.29 bits per heavy atom. The molecule has 4 N–H and O–H groups in total. The number of aliphatic carboxylic acids is 1. The largest absolute Gasteiger partial charge is 0.480 e. The number of para-hydroxylation sites is 1. The molecule has 114 valence electrons. The van der Waals surface area contributed by atoms with Gasteiger partial charge in [-0.2, -0.15) is 0 Å². The van der Waals surface area contributed by atoms with Crippen molar-refractivity contribution >= 4 is 16.9 Å². The third-order valence-corrected chi connectivity index (χ3v) is 3.92. The van der Waals surface area contributed by atoms with Crippen molar-refractivity contribution < 1.29 is 9.90 Å². The average Bonchev–Trinajstić information content (AvgIpc) is 2.81. The highest BCUT2D eigenvalue weighted by Gasteiger charge is 2.18. The fraction of sp³-hybridized carbons (Fsp3) is 0.471. The van der Waals surface area contributed by atoms with Crippen LogP contribution in [-0.4, -0.2) is 22.1 Å². The Labute approximate surface area is 125 Å². The van der Waals surface area contributed by atoms with Gasteiger partial charge in [0.2, 0.25) is 0 Å². The lowest BCUT2D eigenvalue weighted by molar-refractivity contribution is -0.138. The second-order valence-corrected chi connectivity index (χ2v) is 5.59. The first-order valence-electron chi connectivity index (χ1n) is 7.70. The zero-order valence-corrected chi connectivity index (χ0v) is 12.6. The number of hydrogen-bond acceptors (Lipinski definition) is 2. The van der Waals surface area contributed by atoms with Crippen molar-refractivity contribution in [1.29, 1.82) is 0 Å². The van der Waals surface area contributed by atoms with E-state index in [0.29, 0.717) is 6.42 Å². The van der Waals surface area contributed by atoms with Crippen molar-refractivity contribution in [2.45, 2.75) is 51.5 Å². The molecule has 1 heterocycles. The number of aryl methyl sites for hydroxylation is 1. The van der Waals surface area contributed by atoms with Gasteiger partial charge in [0.05, 0.1) is 0 Å². The standard InChI is InChI=1S/C17H24N2O2/c1-2-3-4-5-9-16-13(11-14(18)17(20)21)12-8-6-7-10-15(12)19-16/h6-8,10,14,19H,2-5,9,11,18H2,1H3,(H,20,21)/t14-/m1/s1. The summed E-state index contributed by atoms with van der Waals surface area (Å²) in [6, 6.07) is 7.18. The van der Waals surface area contributed by atoms with Gasteiger partial charge in [-0.05, 0) is 24.5 Å². The van der Waals surface area contributed by atoms with Crippen LogP contribution in [0.15, 0.2) is 24.3 Å². The summed E-state index contributed by atoms with van der Waals surface area (Å²) >= 11 is 0. The molecule has 0 amide bonds. The molecule has 0 fully saturated rings. The maximum atomic E-state index is 11.0. The molecule has 4 nitrogen and oxygen atoms in total. The molecule has 0 aliphatic heterocycles. The minimum absolute atomic E-state index is 0.377. The predicted molar refractivity (Wildman–Crippen MR) is 85.5 cm³/mol. The van der Waals surface area contributed by atoms with E-state index in [1.54, 1.807) is 0 Å². The zero-order chi connectivity index (χ0) is 15.2. The van der Waals surface area contributed by atoms with Crippen molar-refractivity contribution in [2.75, 3.05) is 0 Å². The molecule has 1 aromatic heterocycles.